The van der Waals surface area contributed by atoms with Crippen molar-refractivity contribution in [3.63, 3.8) is 0 Å². The second kappa shape index (κ2) is 6.80. The summed E-state index contributed by atoms with van der Waals surface area (Å²) >= 11 is 0. The smallest absolute Gasteiger partial charge is 0.0460 e. The largest absolute Gasteiger partial charge is 0.396 e. The highest BCUT2D eigenvalue weighted by molar-refractivity contribution is 5.48. The lowest BCUT2D eigenvalue weighted by atomic mass is 9.97. The average Bonchev–Trinajstić information content (AvgIpc) is 3.38. The number of piperidine rings is 1. The summed E-state index contributed by atoms with van der Waals surface area (Å²) in [6.45, 7) is 5.77. The van der Waals surface area contributed by atoms with Crippen LogP contribution >= 0.6 is 0 Å². The van der Waals surface area contributed by atoms with Crippen molar-refractivity contribution in [1.82, 2.24) is 5.32 Å². The van der Waals surface area contributed by atoms with Crippen LogP contribution in [0.4, 0.5) is 5.69 Å². The van der Waals surface area contributed by atoms with E-state index in [0.29, 0.717) is 18.6 Å². The number of nitrogens with zero attached hydrogens (tertiary/aromatic N) is 1. The Bertz CT molecular complexity index is 433. The third-order valence-corrected chi connectivity index (χ3v) is 5.13. The van der Waals surface area contributed by atoms with Gasteiger partial charge in [0.1, 0.15) is 0 Å². The van der Waals surface area contributed by atoms with Gasteiger partial charge in [0.2, 0.25) is 0 Å². The summed E-state index contributed by atoms with van der Waals surface area (Å²) in [5.74, 6) is 1.42. The standard InChI is InChI=1S/C18H28N2O/c1-14(17-4-5-17)19-12-15-2-6-18(7-3-15)20-10-8-16(13-21)9-11-20/h2-3,6-7,14,16-17,19,21H,4-5,8-13H2,1H3. The van der Waals surface area contributed by atoms with Gasteiger partial charge in [0.25, 0.3) is 0 Å². The lowest BCUT2D eigenvalue weighted by Gasteiger charge is -2.33. The lowest BCUT2D eigenvalue weighted by molar-refractivity contribution is 0.203. The number of nitrogens with one attached hydrogen (secondary N) is 1. The molecule has 3 heteroatoms. The first kappa shape index (κ1) is 14.9. The Morgan fingerprint density at radius 2 is 1.81 bits per heavy atom. The molecule has 1 aromatic carbocycles. The SMILES string of the molecule is CC(NCc1ccc(N2CCC(CO)CC2)cc1)C1CC1. The Hall–Kier alpha value is -1.06. The molecule has 1 heterocycles. The van der Waals surface area contributed by atoms with E-state index in [4.69, 9.17) is 0 Å². The Morgan fingerprint density at radius 3 is 2.38 bits per heavy atom. The van der Waals surface area contributed by atoms with Gasteiger partial charge in [-0.05, 0) is 62.1 Å². The van der Waals surface area contributed by atoms with E-state index in [0.717, 1.165) is 38.4 Å². The molecule has 3 rings (SSSR count). The summed E-state index contributed by atoms with van der Waals surface area (Å²) in [6, 6.07) is 9.65. The van der Waals surface area contributed by atoms with E-state index in [1.807, 2.05) is 0 Å². The summed E-state index contributed by atoms with van der Waals surface area (Å²) in [7, 11) is 0. The van der Waals surface area contributed by atoms with E-state index < -0.39 is 0 Å². The molecule has 1 aromatic rings. The van der Waals surface area contributed by atoms with E-state index in [1.54, 1.807) is 0 Å². The molecule has 1 aliphatic heterocycles. The van der Waals surface area contributed by atoms with Crippen LogP contribution in [0.5, 0.6) is 0 Å². The molecule has 0 bridgehead atoms. The van der Waals surface area contributed by atoms with E-state index in [9.17, 15) is 5.11 Å². The molecule has 1 atom stereocenters. The quantitative estimate of drug-likeness (QED) is 0.845. The fraction of sp³-hybridized carbons (Fsp3) is 0.667. The van der Waals surface area contributed by atoms with Gasteiger partial charge in [-0.1, -0.05) is 12.1 Å². The molecule has 3 nitrogen and oxygen atoms in total. The number of aliphatic hydroxyl groups is 1. The highest BCUT2D eigenvalue weighted by Gasteiger charge is 2.27. The van der Waals surface area contributed by atoms with Gasteiger partial charge in [-0.15, -0.1) is 0 Å². The van der Waals surface area contributed by atoms with Crippen LogP contribution in [0.1, 0.15) is 38.2 Å². The number of benzene rings is 1. The van der Waals surface area contributed by atoms with E-state index in [-0.39, 0.29) is 0 Å². The van der Waals surface area contributed by atoms with Crippen molar-refractivity contribution in [1.29, 1.82) is 0 Å². The Labute approximate surface area is 128 Å². The zero-order chi connectivity index (χ0) is 14.7. The van der Waals surface area contributed by atoms with Crippen LogP contribution in [-0.2, 0) is 6.54 Å². The van der Waals surface area contributed by atoms with Gasteiger partial charge in [0.15, 0.2) is 0 Å². The molecule has 21 heavy (non-hydrogen) atoms. The molecular weight excluding hydrogens is 260 g/mol. The third-order valence-electron chi connectivity index (χ3n) is 5.13. The predicted molar refractivity (Wildman–Crippen MR) is 87.5 cm³/mol. The maximum atomic E-state index is 9.21. The highest BCUT2D eigenvalue weighted by Crippen LogP contribution is 2.32. The number of anilines is 1. The molecule has 0 amide bonds. The molecule has 1 unspecified atom stereocenters. The van der Waals surface area contributed by atoms with Crippen molar-refractivity contribution in [2.24, 2.45) is 11.8 Å². The van der Waals surface area contributed by atoms with Crippen LogP contribution in [0.2, 0.25) is 0 Å². The Kier molecular flexibility index (Phi) is 4.81. The van der Waals surface area contributed by atoms with Crippen molar-refractivity contribution in [2.75, 3.05) is 24.6 Å². The number of rotatable bonds is 6. The fourth-order valence-electron chi connectivity index (χ4n) is 3.24. The van der Waals surface area contributed by atoms with Gasteiger partial charge in [-0.2, -0.15) is 0 Å². The van der Waals surface area contributed by atoms with Crippen LogP contribution in [0.15, 0.2) is 24.3 Å². The van der Waals surface area contributed by atoms with Gasteiger partial charge in [0, 0.05) is 38.0 Å². The van der Waals surface area contributed by atoms with Crippen LogP contribution in [-0.4, -0.2) is 30.8 Å². The number of hydrogen-bond donors (Lipinski definition) is 2. The normalized spacial score (nSPS) is 21.5. The van der Waals surface area contributed by atoms with Crippen molar-refractivity contribution in [3.05, 3.63) is 29.8 Å². The van der Waals surface area contributed by atoms with Gasteiger partial charge in [-0.25, -0.2) is 0 Å². The van der Waals surface area contributed by atoms with Crippen LogP contribution in [0, 0.1) is 11.8 Å². The zero-order valence-corrected chi connectivity index (χ0v) is 13.1. The summed E-state index contributed by atoms with van der Waals surface area (Å²) in [4.78, 5) is 2.44. The molecule has 1 aliphatic carbocycles. The van der Waals surface area contributed by atoms with Gasteiger partial charge < -0.3 is 15.3 Å². The summed E-state index contributed by atoms with van der Waals surface area (Å²) < 4.78 is 0. The maximum absolute atomic E-state index is 9.21. The van der Waals surface area contributed by atoms with E-state index >= 15 is 0 Å². The first-order valence-electron chi connectivity index (χ1n) is 8.44. The molecule has 2 fully saturated rings. The Morgan fingerprint density at radius 1 is 1.14 bits per heavy atom. The summed E-state index contributed by atoms with van der Waals surface area (Å²) in [5, 5.41) is 12.8. The maximum Gasteiger partial charge on any atom is 0.0460 e. The zero-order valence-electron chi connectivity index (χ0n) is 13.1. The lowest BCUT2D eigenvalue weighted by Crippen LogP contribution is -2.34. The minimum Gasteiger partial charge on any atom is -0.396 e. The Balaban J connectivity index is 1.49. The molecule has 0 spiro atoms. The molecular formula is C18H28N2O. The van der Waals surface area contributed by atoms with Gasteiger partial charge in [-0.3, -0.25) is 0 Å². The summed E-state index contributed by atoms with van der Waals surface area (Å²) in [6.07, 6.45) is 5.02. The minimum atomic E-state index is 0.345. The second-order valence-electron chi connectivity index (χ2n) is 6.79. The summed E-state index contributed by atoms with van der Waals surface area (Å²) in [5.41, 5.74) is 2.70. The molecule has 0 aromatic heterocycles. The van der Waals surface area contributed by atoms with Crippen molar-refractivity contribution in [3.8, 4) is 0 Å². The predicted octanol–water partition coefficient (Wildman–Crippen LogP) is 2.78. The van der Waals surface area contributed by atoms with Crippen LogP contribution in [0.25, 0.3) is 0 Å². The molecule has 2 N–H and O–H groups in total. The molecule has 0 radical (unpaired) electrons. The van der Waals surface area contributed by atoms with Crippen molar-refractivity contribution >= 4 is 5.69 Å². The van der Waals surface area contributed by atoms with Gasteiger partial charge in [0.05, 0.1) is 0 Å². The van der Waals surface area contributed by atoms with Crippen molar-refractivity contribution in [2.45, 2.75) is 45.2 Å². The molecule has 1 saturated carbocycles. The monoisotopic (exact) mass is 288 g/mol. The molecule has 116 valence electrons. The third kappa shape index (κ3) is 3.98. The highest BCUT2D eigenvalue weighted by atomic mass is 16.3. The second-order valence-corrected chi connectivity index (χ2v) is 6.79. The van der Waals surface area contributed by atoms with Gasteiger partial charge >= 0.3 is 0 Å². The topological polar surface area (TPSA) is 35.5 Å². The average molecular weight is 288 g/mol. The first-order chi connectivity index (χ1) is 10.3. The van der Waals surface area contributed by atoms with E-state index in [2.05, 4.69) is 41.4 Å². The van der Waals surface area contributed by atoms with Crippen LogP contribution < -0.4 is 10.2 Å². The minimum absolute atomic E-state index is 0.345. The van der Waals surface area contributed by atoms with E-state index in [1.165, 1.54) is 24.1 Å². The fourth-order valence-corrected chi connectivity index (χ4v) is 3.24. The van der Waals surface area contributed by atoms with Crippen molar-refractivity contribution < 1.29 is 5.11 Å². The number of hydrogen-bond acceptors (Lipinski definition) is 3. The molecule has 2 aliphatic rings. The van der Waals surface area contributed by atoms with Crippen LogP contribution in [0.3, 0.4) is 0 Å². The molecule has 1 saturated heterocycles. The number of aliphatic hydroxyl groups excluding tert-OH is 1. The first-order valence-corrected chi connectivity index (χ1v) is 8.44.